The van der Waals surface area contributed by atoms with Crippen molar-refractivity contribution in [2.75, 3.05) is 13.6 Å². The smallest absolute Gasteiger partial charge is 0.178 e. The van der Waals surface area contributed by atoms with Gasteiger partial charge < -0.3 is 14.5 Å². The van der Waals surface area contributed by atoms with Crippen LogP contribution in [0.4, 0.5) is 0 Å². The molecule has 1 heterocycles. The summed E-state index contributed by atoms with van der Waals surface area (Å²) in [5, 5.41) is 9.14. The molecular weight excluding hydrogens is 268 g/mol. The van der Waals surface area contributed by atoms with E-state index in [9.17, 15) is 0 Å². The molecule has 0 saturated carbocycles. The lowest BCUT2D eigenvalue weighted by atomic mass is 10.2. The molecule has 0 radical (unpaired) electrons. The Kier molecular flexibility index (Phi) is 4.58. The van der Waals surface area contributed by atoms with Gasteiger partial charge in [-0.1, -0.05) is 13.0 Å². The van der Waals surface area contributed by atoms with Crippen LogP contribution in [0.2, 0.25) is 0 Å². The van der Waals surface area contributed by atoms with E-state index < -0.39 is 0 Å². The highest BCUT2D eigenvalue weighted by Crippen LogP contribution is 2.18. The van der Waals surface area contributed by atoms with E-state index in [-0.39, 0.29) is 0 Å². The van der Waals surface area contributed by atoms with Crippen LogP contribution in [0, 0.1) is 16.1 Å². The molecule has 20 heavy (non-hydrogen) atoms. The predicted molar refractivity (Wildman–Crippen MR) is 84.2 cm³/mol. The van der Waals surface area contributed by atoms with Crippen molar-refractivity contribution in [2.45, 2.75) is 32.9 Å². The second-order valence-electron chi connectivity index (χ2n) is 5.13. The maximum Gasteiger partial charge on any atom is 0.178 e. The van der Waals surface area contributed by atoms with Gasteiger partial charge in [-0.25, -0.2) is 0 Å². The van der Waals surface area contributed by atoms with E-state index in [0.717, 1.165) is 30.5 Å². The molecule has 0 aliphatic rings. The van der Waals surface area contributed by atoms with Crippen LogP contribution in [-0.2, 0) is 6.54 Å². The van der Waals surface area contributed by atoms with Gasteiger partial charge >= 0.3 is 0 Å². The van der Waals surface area contributed by atoms with Gasteiger partial charge in [0.05, 0.1) is 16.6 Å². The number of nitrogens with one attached hydrogen (secondary N) is 1. The van der Waals surface area contributed by atoms with Crippen molar-refractivity contribution in [2.24, 2.45) is 0 Å². The summed E-state index contributed by atoms with van der Waals surface area (Å²) in [6.45, 7) is 6.18. The van der Waals surface area contributed by atoms with Crippen molar-refractivity contribution >= 4 is 23.3 Å². The van der Waals surface area contributed by atoms with Crippen molar-refractivity contribution in [3.8, 4) is 6.07 Å². The number of nitrogens with zero attached hydrogens (tertiary/aromatic N) is 3. The molecule has 0 amide bonds. The maximum atomic E-state index is 9.14. The number of H-pyrrole nitrogens is 1. The summed E-state index contributed by atoms with van der Waals surface area (Å²) in [7, 11) is 2.13. The van der Waals surface area contributed by atoms with E-state index in [1.54, 1.807) is 0 Å². The topological polar surface area (TPSA) is 47.8 Å². The Morgan fingerprint density at radius 2 is 2.25 bits per heavy atom. The third-order valence-electron chi connectivity index (χ3n) is 3.95. The fourth-order valence-electron chi connectivity index (χ4n) is 2.29. The SMILES string of the molecule is CCC(C)N(C)CCn1c(=S)[nH]c2c(C#N)cccc21. The van der Waals surface area contributed by atoms with Gasteiger partial charge in [-0.05, 0) is 44.7 Å². The highest BCUT2D eigenvalue weighted by atomic mass is 32.1. The van der Waals surface area contributed by atoms with Crippen molar-refractivity contribution < 1.29 is 0 Å². The van der Waals surface area contributed by atoms with E-state index in [1.807, 2.05) is 18.2 Å². The Balaban J connectivity index is 2.30. The zero-order valence-electron chi connectivity index (χ0n) is 12.2. The lowest BCUT2D eigenvalue weighted by molar-refractivity contribution is 0.243. The van der Waals surface area contributed by atoms with E-state index in [0.29, 0.717) is 16.4 Å². The molecule has 0 spiro atoms. The Hall–Kier alpha value is -1.64. The average Bonchev–Trinajstić information content (AvgIpc) is 2.79. The number of aromatic amines is 1. The Morgan fingerprint density at radius 3 is 2.90 bits per heavy atom. The standard InChI is InChI=1S/C15H20N4S/c1-4-11(2)18(3)8-9-19-13-7-5-6-12(10-16)14(13)17-15(19)20/h5-7,11H,4,8-9H2,1-3H3,(H,17,20). The van der Waals surface area contributed by atoms with Gasteiger partial charge in [0.15, 0.2) is 4.77 Å². The number of hydrogen-bond donors (Lipinski definition) is 1. The molecule has 0 aliphatic carbocycles. The minimum Gasteiger partial charge on any atom is -0.329 e. The van der Waals surface area contributed by atoms with Crippen LogP contribution in [0.1, 0.15) is 25.8 Å². The fourth-order valence-corrected chi connectivity index (χ4v) is 2.58. The van der Waals surface area contributed by atoms with Gasteiger partial charge in [0.2, 0.25) is 0 Å². The molecule has 0 fully saturated rings. The second-order valence-corrected chi connectivity index (χ2v) is 5.52. The minimum absolute atomic E-state index is 0.559. The van der Waals surface area contributed by atoms with Crippen LogP contribution >= 0.6 is 12.2 Å². The number of benzene rings is 1. The summed E-state index contributed by atoms with van der Waals surface area (Å²) in [5.41, 5.74) is 2.49. The van der Waals surface area contributed by atoms with E-state index in [4.69, 9.17) is 17.5 Å². The number of hydrogen-bond acceptors (Lipinski definition) is 3. The van der Waals surface area contributed by atoms with Gasteiger partial charge in [-0.15, -0.1) is 0 Å². The minimum atomic E-state index is 0.559. The molecule has 2 aromatic rings. The first-order valence-electron chi connectivity index (χ1n) is 6.90. The molecule has 1 atom stereocenters. The fraction of sp³-hybridized carbons (Fsp3) is 0.467. The summed E-state index contributed by atoms with van der Waals surface area (Å²) in [4.78, 5) is 5.48. The molecule has 0 aliphatic heterocycles. The summed E-state index contributed by atoms with van der Waals surface area (Å²) in [5.74, 6) is 0. The molecule has 2 rings (SSSR count). The third-order valence-corrected chi connectivity index (χ3v) is 4.27. The Labute approximate surface area is 124 Å². The first-order chi connectivity index (χ1) is 9.58. The van der Waals surface area contributed by atoms with Gasteiger partial charge in [-0.2, -0.15) is 5.26 Å². The third kappa shape index (κ3) is 2.77. The summed E-state index contributed by atoms with van der Waals surface area (Å²) in [6, 6.07) is 8.48. The van der Waals surface area contributed by atoms with E-state index in [2.05, 4.69) is 41.4 Å². The van der Waals surface area contributed by atoms with Crippen LogP contribution in [0.15, 0.2) is 18.2 Å². The van der Waals surface area contributed by atoms with Gasteiger partial charge in [0, 0.05) is 19.1 Å². The zero-order valence-corrected chi connectivity index (χ0v) is 13.0. The van der Waals surface area contributed by atoms with Gasteiger partial charge in [0.25, 0.3) is 0 Å². The Bertz CT molecular complexity index is 692. The summed E-state index contributed by atoms with van der Waals surface area (Å²) >= 11 is 5.39. The largest absolute Gasteiger partial charge is 0.329 e. The van der Waals surface area contributed by atoms with Crippen molar-refractivity contribution in [3.63, 3.8) is 0 Å². The first-order valence-corrected chi connectivity index (χ1v) is 7.31. The monoisotopic (exact) mass is 288 g/mol. The number of aromatic nitrogens is 2. The summed E-state index contributed by atoms with van der Waals surface area (Å²) < 4.78 is 2.75. The normalized spacial score (nSPS) is 12.8. The lowest BCUT2D eigenvalue weighted by Crippen LogP contribution is -2.31. The molecule has 1 aromatic carbocycles. The maximum absolute atomic E-state index is 9.14. The number of imidazole rings is 1. The number of nitriles is 1. The van der Waals surface area contributed by atoms with Crippen LogP contribution in [0.25, 0.3) is 11.0 Å². The molecule has 4 nitrogen and oxygen atoms in total. The van der Waals surface area contributed by atoms with Crippen molar-refractivity contribution in [1.29, 1.82) is 5.26 Å². The highest BCUT2D eigenvalue weighted by molar-refractivity contribution is 7.71. The molecule has 0 bridgehead atoms. The van der Waals surface area contributed by atoms with Gasteiger partial charge in [-0.3, -0.25) is 0 Å². The van der Waals surface area contributed by atoms with Crippen LogP contribution in [0.3, 0.4) is 0 Å². The molecule has 1 aromatic heterocycles. The molecule has 1 N–H and O–H groups in total. The van der Waals surface area contributed by atoms with Crippen LogP contribution < -0.4 is 0 Å². The highest BCUT2D eigenvalue weighted by Gasteiger charge is 2.10. The first kappa shape index (κ1) is 14.8. The molecule has 106 valence electrons. The van der Waals surface area contributed by atoms with Gasteiger partial charge in [0.1, 0.15) is 6.07 Å². The number of fused-ring (bicyclic) bond motifs is 1. The molecule has 0 saturated heterocycles. The van der Waals surface area contributed by atoms with Crippen LogP contribution in [0.5, 0.6) is 0 Å². The van der Waals surface area contributed by atoms with Crippen LogP contribution in [-0.4, -0.2) is 34.1 Å². The lowest BCUT2D eigenvalue weighted by Gasteiger charge is -2.23. The molecular formula is C15H20N4S. The quantitative estimate of drug-likeness (QED) is 0.859. The predicted octanol–water partition coefficient (Wildman–Crippen LogP) is 3.30. The molecule has 5 heteroatoms. The molecule has 1 unspecified atom stereocenters. The average molecular weight is 288 g/mol. The number of rotatable bonds is 5. The second kappa shape index (κ2) is 6.21. The Morgan fingerprint density at radius 1 is 1.50 bits per heavy atom. The zero-order chi connectivity index (χ0) is 14.7. The van der Waals surface area contributed by atoms with Crippen molar-refractivity contribution in [3.05, 3.63) is 28.5 Å². The summed E-state index contributed by atoms with van der Waals surface area (Å²) in [6.07, 6.45) is 1.13. The number of para-hydroxylation sites is 1. The number of likely N-dealkylation sites (N-methyl/N-ethyl adjacent to an activating group) is 1. The van der Waals surface area contributed by atoms with E-state index >= 15 is 0 Å². The van der Waals surface area contributed by atoms with E-state index in [1.165, 1.54) is 0 Å². The van der Waals surface area contributed by atoms with Crippen molar-refractivity contribution in [1.82, 2.24) is 14.5 Å².